The lowest BCUT2D eigenvalue weighted by Crippen LogP contribution is -2.44. The highest BCUT2D eigenvalue weighted by Gasteiger charge is 2.24. The minimum absolute atomic E-state index is 0. The molecule has 1 saturated heterocycles. The number of hydrogen-bond acceptors (Lipinski definition) is 4. The third-order valence-corrected chi connectivity index (χ3v) is 4.97. The molecule has 0 aliphatic carbocycles. The SMILES string of the molecule is CCNC(=NCc1cccc(OC)n1)NCC1CCCN1Cc1ccccc1.I. The Morgan fingerprint density at radius 2 is 2.00 bits per heavy atom. The van der Waals surface area contributed by atoms with Crippen molar-refractivity contribution in [2.24, 2.45) is 4.99 Å². The van der Waals surface area contributed by atoms with Crippen LogP contribution in [-0.4, -0.2) is 48.6 Å². The number of halogens is 1. The van der Waals surface area contributed by atoms with Gasteiger partial charge in [0.15, 0.2) is 5.96 Å². The van der Waals surface area contributed by atoms with Gasteiger partial charge in [0.1, 0.15) is 0 Å². The van der Waals surface area contributed by atoms with Gasteiger partial charge in [0.25, 0.3) is 0 Å². The van der Waals surface area contributed by atoms with E-state index in [2.05, 4.69) is 62.8 Å². The first-order valence-electron chi connectivity index (χ1n) is 10.1. The van der Waals surface area contributed by atoms with Gasteiger partial charge >= 0.3 is 0 Å². The van der Waals surface area contributed by atoms with E-state index in [1.807, 2.05) is 18.2 Å². The molecule has 0 amide bonds. The number of hydrogen-bond donors (Lipinski definition) is 2. The molecular weight excluding hydrogens is 477 g/mol. The Labute approximate surface area is 191 Å². The fraction of sp³-hybridized carbons (Fsp3) is 0.455. The molecule has 0 radical (unpaired) electrons. The van der Waals surface area contributed by atoms with Gasteiger partial charge in [-0.3, -0.25) is 4.90 Å². The summed E-state index contributed by atoms with van der Waals surface area (Å²) in [6, 6.07) is 17.0. The molecular formula is C22H32IN5O. The van der Waals surface area contributed by atoms with E-state index in [0.29, 0.717) is 18.5 Å². The smallest absolute Gasteiger partial charge is 0.213 e. The number of benzene rings is 1. The second-order valence-electron chi connectivity index (χ2n) is 7.00. The summed E-state index contributed by atoms with van der Waals surface area (Å²) in [5, 5.41) is 6.85. The molecule has 3 rings (SSSR count). The van der Waals surface area contributed by atoms with Gasteiger partial charge in [0.05, 0.1) is 19.3 Å². The number of nitrogens with zero attached hydrogens (tertiary/aromatic N) is 3. The Kier molecular flexibility index (Phi) is 10.2. The van der Waals surface area contributed by atoms with Gasteiger partial charge in [-0.1, -0.05) is 36.4 Å². The number of aliphatic imine (C=N–C) groups is 1. The zero-order valence-electron chi connectivity index (χ0n) is 17.3. The zero-order valence-corrected chi connectivity index (χ0v) is 19.6. The second kappa shape index (κ2) is 12.6. The van der Waals surface area contributed by atoms with Crippen LogP contribution in [0.15, 0.2) is 53.5 Å². The highest BCUT2D eigenvalue weighted by atomic mass is 127. The predicted molar refractivity (Wildman–Crippen MR) is 129 cm³/mol. The maximum Gasteiger partial charge on any atom is 0.213 e. The number of nitrogens with one attached hydrogen (secondary N) is 2. The van der Waals surface area contributed by atoms with Gasteiger partial charge in [-0.15, -0.1) is 24.0 Å². The van der Waals surface area contributed by atoms with Crippen LogP contribution >= 0.6 is 24.0 Å². The maximum atomic E-state index is 5.19. The molecule has 158 valence electrons. The van der Waals surface area contributed by atoms with Crippen LogP contribution in [0.4, 0.5) is 0 Å². The molecule has 1 atom stereocenters. The molecule has 6 nitrogen and oxygen atoms in total. The summed E-state index contributed by atoms with van der Waals surface area (Å²) in [5.74, 6) is 1.45. The molecule has 0 bridgehead atoms. The van der Waals surface area contributed by atoms with Gasteiger partial charge in [-0.05, 0) is 37.9 Å². The van der Waals surface area contributed by atoms with Crippen molar-refractivity contribution in [1.82, 2.24) is 20.5 Å². The number of guanidine groups is 1. The maximum absolute atomic E-state index is 5.19. The zero-order chi connectivity index (χ0) is 19.6. The molecule has 1 aromatic heterocycles. The van der Waals surface area contributed by atoms with Crippen LogP contribution < -0.4 is 15.4 Å². The standard InChI is InChI=1S/C22H31N5O.HI/c1-3-23-22(24-15-19-11-7-13-21(26-19)28-2)25-16-20-12-8-14-27(20)17-18-9-5-4-6-10-18;/h4-7,9-11,13,20H,3,8,12,14-17H2,1-2H3,(H2,23,24,25);1H. The fourth-order valence-corrected chi connectivity index (χ4v) is 3.53. The lowest BCUT2D eigenvalue weighted by molar-refractivity contribution is 0.245. The Balaban J connectivity index is 0.00000300. The number of pyridine rings is 1. The van der Waals surface area contributed by atoms with Crippen molar-refractivity contribution >= 4 is 29.9 Å². The average molecular weight is 509 g/mol. The monoisotopic (exact) mass is 509 g/mol. The fourth-order valence-electron chi connectivity index (χ4n) is 3.53. The van der Waals surface area contributed by atoms with E-state index in [1.165, 1.54) is 18.4 Å². The van der Waals surface area contributed by atoms with E-state index in [0.717, 1.165) is 37.8 Å². The molecule has 1 unspecified atom stereocenters. The number of ether oxygens (including phenoxy) is 1. The van der Waals surface area contributed by atoms with Crippen LogP contribution in [0.1, 0.15) is 31.0 Å². The Hall–Kier alpha value is -1.87. The van der Waals surface area contributed by atoms with Crippen LogP contribution in [0.25, 0.3) is 0 Å². The summed E-state index contributed by atoms with van der Waals surface area (Å²) in [5.41, 5.74) is 2.27. The van der Waals surface area contributed by atoms with E-state index in [9.17, 15) is 0 Å². The molecule has 7 heteroatoms. The molecule has 1 aromatic carbocycles. The minimum Gasteiger partial charge on any atom is -0.481 e. The van der Waals surface area contributed by atoms with Gasteiger partial charge < -0.3 is 15.4 Å². The quantitative estimate of drug-likeness (QED) is 0.325. The number of methoxy groups -OCH3 is 1. The minimum atomic E-state index is 0. The first-order chi connectivity index (χ1) is 13.8. The molecule has 1 aliphatic heterocycles. The Morgan fingerprint density at radius 1 is 1.17 bits per heavy atom. The van der Waals surface area contributed by atoms with Crippen LogP contribution in [0.5, 0.6) is 5.88 Å². The lowest BCUT2D eigenvalue weighted by Gasteiger charge is -2.25. The molecule has 2 heterocycles. The Morgan fingerprint density at radius 3 is 2.76 bits per heavy atom. The normalized spacial score (nSPS) is 16.9. The summed E-state index contributed by atoms with van der Waals surface area (Å²) in [6.07, 6.45) is 2.47. The van der Waals surface area contributed by atoms with Crippen molar-refractivity contribution in [3.8, 4) is 5.88 Å². The van der Waals surface area contributed by atoms with Gasteiger partial charge in [0, 0.05) is 31.7 Å². The average Bonchev–Trinajstić information content (AvgIpc) is 3.18. The van der Waals surface area contributed by atoms with Gasteiger partial charge in [-0.2, -0.15) is 0 Å². The molecule has 29 heavy (non-hydrogen) atoms. The van der Waals surface area contributed by atoms with E-state index in [1.54, 1.807) is 7.11 Å². The van der Waals surface area contributed by atoms with Crippen LogP contribution in [0, 0.1) is 0 Å². The van der Waals surface area contributed by atoms with Crippen molar-refractivity contribution in [2.45, 2.75) is 38.9 Å². The van der Waals surface area contributed by atoms with Crippen LogP contribution in [0.2, 0.25) is 0 Å². The largest absolute Gasteiger partial charge is 0.481 e. The lowest BCUT2D eigenvalue weighted by atomic mass is 10.2. The second-order valence-corrected chi connectivity index (χ2v) is 7.00. The summed E-state index contributed by atoms with van der Waals surface area (Å²) in [4.78, 5) is 11.7. The highest BCUT2D eigenvalue weighted by Crippen LogP contribution is 2.19. The third-order valence-electron chi connectivity index (χ3n) is 4.97. The molecule has 2 N–H and O–H groups in total. The van der Waals surface area contributed by atoms with Crippen LogP contribution in [-0.2, 0) is 13.1 Å². The van der Waals surface area contributed by atoms with Crippen molar-refractivity contribution in [3.63, 3.8) is 0 Å². The molecule has 0 saturated carbocycles. The van der Waals surface area contributed by atoms with Crippen molar-refractivity contribution in [1.29, 1.82) is 0 Å². The molecule has 2 aromatic rings. The van der Waals surface area contributed by atoms with Crippen molar-refractivity contribution in [3.05, 3.63) is 59.8 Å². The van der Waals surface area contributed by atoms with E-state index in [-0.39, 0.29) is 24.0 Å². The number of likely N-dealkylation sites (tertiary alicyclic amines) is 1. The van der Waals surface area contributed by atoms with E-state index < -0.39 is 0 Å². The molecule has 1 aliphatic rings. The predicted octanol–water partition coefficient (Wildman–Crippen LogP) is 3.43. The van der Waals surface area contributed by atoms with Crippen molar-refractivity contribution < 1.29 is 4.74 Å². The van der Waals surface area contributed by atoms with Gasteiger partial charge in [-0.25, -0.2) is 9.98 Å². The molecule has 1 fully saturated rings. The van der Waals surface area contributed by atoms with Crippen molar-refractivity contribution in [2.75, 3.05) is 26.7 Å². The topological polar surface area (TPSA) is 61.8 Å². The van der Waals surface area contributed by atoms with E-state index in [4.69, 9.17) is 4.74 Å². The summed E-state index contributed by atoms with van der Waals surface area (Å²) >= 11 is 0. The Bertz CT molecular complexity index is 756. The number of rotatable bonds is 8. The first-order valence-corrected chi connectivity index (χ1v) is 10.1. The van der Waals surface area contributed by atoms with E-state index >= 15 is 0 Å². The summed E-state index contributed by atoms with van der Waals surface area (Å²) in [6.45, 7) is 6.49. The summed E-state index contributed by atoms with van der Waals surface area (Å²) in [7, 11) is 1.63. The first kappa shape index (κ1) is 23.4. The highest BCUT2D eigenvalue weighted by molar-refractivity contribution is 14.0. The van der Waals surface area contributed by atoms with Crippen LogP contribution in [0.3, 0.4) is 0 Å². The number of aromatic nitrogens is 1. The third kappa shape index (κ3) is 7.47. The van der Waals surface area contributed by atoms with Gasteiger partial charge in [0.2, 0.25) is 5.88 Å². The summed E-state index contributed by atoms with van der Waals surface area (Å²) < 4.78 is 5.19. The molecule has 0 spiro atoms.